The van der Waals surface area contributed by atoms with Crippen LogP contribution < -0.4 is 4.90 Å². The summed E-state index contributed by atoms with van der Waals surface area (Å²) in [6, 6.07) is 20.7. The van der Waals surface area contributed by atoms with Gasteiger partial charge in [0.05, 0.1) is 16.3 Å². The Kier molecular flexibility index (Phi) is 7.13. The zero-order valence-corrected chi connectivity index (χ0v) is 23.4. The van der Waals surface area contributed by atoms with Crippen LogP contribution in [0.1, 0.15) is 16.7 Å². The number of aryl methyl sites for hydroxylation is 2. The Morgan fingerprint density at radius 1 is 0.974 bits per heavy atom. The number of thioether (sulfide) groups is 1. The number of para-hydroxylation sites is 2. The topological polar surface area (TPSA) is 88.4 Å². The van der Waals surface area contributed by atoms with Gasteiger partial charge in [-0.1, -0.05) is 60.3 Å². The number of fused-ring (bicyclic) bond motifs is 1. The number of anilines is 1. The minimum Gasteiger partial charge on any atom is -0.311 e. The molecule has 0 aliphatic carbocycles. The van der Waals surface area contributed by atoms with Crippen molar-refractivity contribution in [3.05, 3.63) is 83.4 Å². The van der Waals surface area contributed by atoms with E-state index in [0.29, 0.717) is 23.1 Å². The first-order valence-electron chi connectivity index (χ1n) is 12.2. The second-order valence-electron chi connectivity index (χ2n) is 9.41. The molecule has 0 saturated heterocycles. The maximum atomic E-state index is 13.2. The van der Waals surface area contributed by atoms with Crippen LogP contribution in [0.15, 0.2) is 76.8 Å². The van der Waals surface area contributed by atoms with E-state index in [0.717, 1.165) is 28.9 Å². The molecule has 0 spiro atoms. The van der Waals surface area contributed by atoms with Gasteiger partial charge in [-0.3, -0.25) is 9.36 Å². The van der Waals surface area contributed by atoms with Gasteiger partial charge in [-0.05, 0) is 55.2 Å². The maximum Gasteiger partial charge on any atom is 0.242 e. The monoisotopic (exact) mass is 547 g/mol. The number of sulfonamides is 1. The molecule has 3 aromatic carbocycles. The number of amides is 1. The van der Waals surface area contributed by atoms with Gasteiger partial charge in [-0.25, -0.2) is 12.7 Å². The van der Waals surface area contributed by atoms with Crippen molar-refractivity contribution in [2.45, 2.75) is 30.3 Å². The molecule has 0 fully saturated rings. The summed E-state index contributed by atoms with van der Waals surface area (Å²) >= 11 is 1.33. The first-order valence-corrected chi connectivity index (χ1v) is 14.7. The average Bonchev–Trinajstić information content (AvgIpc) is 3.52. The van der Waals surface area contributed by atoms with Crippen LogP contribution in [0.25, 0.3) is 17.1 Å². The third-order valence-corrected chi connectivity index (χ3v) is 9.41. The second kappa shape index (κ2) is 10.4. The van der Waals surface area contributed by atoms with Crippen LogP contribution in [0, 0.1) is 13.8 Å². The van der Waals surface area contributed by atoms with Crippen molar-refractivity contribution in [1.29, 1.82) is 0 Å². The molecule has 10 heteroatoms. The fourth-order valence-electron chi connectivity index (χ4n) is 4.72. The van der Waals surface area contributed by atoms with E-state index in [4.69, 9.17) is 0 Å². The number of nitrogens with zero attached hydrogens (tertiary/aromatic N) is 5. The maximum absolute atomic E-state index is 13.2. The summed E-state index contributed by atoms with van der Waals surface area (Å²) in [5, 5.41) is 9.52. The van der Waals surface area contributed by atoms with E-state index < -0.39 is 10.0 Å². The highest BCUT2D eigenvalue weighted by Gasteiger charge is 2.26. The van der Waals surface area contributed by atoms with E-state index in [2.05, 4.69) is 16.3 Å². The largest absolute Gasteiger partial charge is 0.311 e. The average molecular weight is 548 g/mol. The lowest BCUT2D eigenvalue weighted by Crippen LogP contribution is -2.30. The zero-order chi connectivity index (χ0) is 27.0. The van der Waals surface area contributed by atoms with E-state index >= 15 is 0 Å². The summed E-state index contributed by atoms with van der Waals surface area (Å²) in [6.07, 6.45) is 0.849. The lowest BCUT2D eigenvalue weighted by Gasteiger charge is -2.18. The van der Waals surface area contributed by atoms with Crippen LogP contribution in [0.5, 0.6) is 0 Å². The fourth-order valence-corrected chi connectivity index (χ4v) is 6.48. The summed E-state index contributed by atoms with van der Waals surface area (Å²) in [5.41, 5.74) is 5.72. The van der Waals surface area contributed by atoms with Gasteiger partial charge in [-0.2, -0.15) is 0 Å². The lowest BCUT2D eigenvalue weighted by molar-refractivity contribution is -0.116. The van der Waals surface area contributed by atoms with E-state index in [9.17, 15) is 13.2 Å². The van der Waals surface area contributed by atoms with Gasteiger partial charge in [0, 0.05) is 31.9 Å². The quantitative estimate of drug-likeness (QED) is 0.317. The van der Waals surface area contributed by atoms with Crippen LogP contribution in [-0.2, 0) is 21.2 Å². The molecule has 0 N–H and O–H groups in total. The molecule has 196 valence electrons. The Labute approximate surface area is 227 Å². The zero-order valence-electron chi connectivity index (χ0n) is 21.7. The molecule has 0 bridgehead atoms. The predicted octanol–water partition coefficient (Wildman–Crippen LogP) is 4.48. The number of benzene rings is 3. The number of hydrogen-bond donors (Lipinski definition) is 0. The molecule has 8 nitrogen and oxygen atoms in total. The molecule has 4 aromatic rings. The summed E-state index contributed by atoms with van der Waals surface area (Å²) in [5.74, 6) is 0.725. The van der Waals surface area contributed by atoms with E-state index in [1.54, 1.807) is 18.2 Å². The Balaban J connectivity index is 1.54. The lowest BCUT2D eigenvalue weighted by atomic mass is 10.1. The molecule has 0 atom stereocenters. The molecule has 1 amide bonds. The van der Waals surface area contributed by atoms with Crippen molar-refractivity contribution in [1.82, 2.24) is 19.1 Å². The van der Waals surface area contributed by atoms with Gasteiger partial charge in [0.2, 0.25) is 15.9 Å². The smallest absolute Gasteiger partial charge is 0.242 e. The van der Waals surface area contributed by atoms with Crippen molar-refractivity contribution in [3.63, 3.8) is 0 Å². The second-order valence-corrected chi connectivity index (χ2v) is 12.5. The minimum absolute atomic E-state index is 0.0108. The molecule has 0 unspecified atom stereocenters. The van der Waals surface area contributed by atoms with Gasteiger partial charge in [0.25, 0.3) is 0 Å². The molecule has 38 heavy (non-hydrogen) atoms. The third kappa shape index (κ3) is 4.75. The molecular weight excluding hydrogens is 518 g/mol. The number of hydrogen-bond acceptors (Lipinski definition) is 6. The van der Waals surface area contributed by atoms with Crippen molar-refractivity contribution in [3.8, 4) is 17.1 Å². The molecule has 1 aliphatic heterocycles. The minimum atomic E-state index is -3.63. The summed E-state index contributed by atoms with van der Waals surface area (Å²) in [6.45, 7) is 4.69. The van der Waals surface area contributed by atoms with Crippen LogP contribution in [0.4, 0.5) is 5.69 Å². The van der Waals surface area contributed by atoms with E-state index in [-0.39, 0.29) is 16.6 Å². The molecule has 2 heterocycles. The molecule has 5 rings (SSSR count). The van der Waals surface area contributed by atoms with Gasteiger partial charge in [0.1, 0.15) is 0 Å². The predicted molar refractivity (Wildman–Crippen MR) is 150 cm³/mol. The van der Waals surface area contributed by atoms with Crippen molar-refractivity contribution in [2.75, 3.05) is 31.3 Å². The Morgan fingerprint density at radius 3 is 2.42 bits per heavy atom. The van der Waals surface area contributed by atoms with Crippen LogP contribution in [-0.4, -0.2) is 59.8 Å². The van der Waals surface area contributed by atoms with E-state index in [1.165, 1.54) is 35.7 Å². The number of carbonyl (C=O) groups is 1. The molecule has 0 saturated carbocycles. The van der Waals surface area contributed by atoms with Gasteiger partial charge < -0.3 is 4.90 Å². The van der Waals surface area contributed by atoms with Crippen molar-refractivity contribution >= 4 is 33.4 Å². The van der Waals surface area contributed by atoms with Gasteiger partial charge >= 0.3 is 0 Å². The van der Waals surface area contributed by atoms with Gasteiger partial charge in [0.15, 0.2) is 11.0 Å². The Bertz CT molecular complexity index is 1610. The van der Waals surface area contributed by atoms with Crippen LogP contribution in [0.3, 0.4) is 0 Å². The van der Waals surface area contributed by atoms with Crippen molar-refractivity contribution in [2.24, 2.45) is 0 Å². The Morgan fingerprint density at radius 2 is 1.68 bits per heavy atom. The first kappa shape index (κ1) is 26.1. The first-order chi connectivity index (χ1) is 18.2. The molecule has 1 aliphatic rings. The van der Waals surface area contributed by atoms with Crippen LogP contribution in [0.2, 0.25) is 0 Å². The highest BCUT2D eigenvalue weighted by atomic mass is 32.2. The normalized spacial score (nSPS) is 13.2. The molecule has 0 radical (unpaired) electrons. The summed E-state index contributed by atoms with van der Waals surface area (Å²) in [4.78, 5) is 15.2. The SMILES string of the molecule is Cc1cccc(C)c1-n1c(SCC(=O)N2CCc3ccccc32)nnc1-c1cccc(S(=O)(=O)N(C)C)c1. The highest BCUT2D eigenvalue weighted by molar-refractivity contribution is 7.99. The summed E-state index contributed by atoms with van der Waals surface area (Å²) in [7, 11) is -0.618. The number of rotatable bonds is 7. The van der Waals surface area contributed by atoms with E-state index in [1.807, 2.05) is 65.8 Å². The summed E-state index contributed by atoms with van der Waals surface area (Å²) < 4.78 is 28.7. The molecule has 1 aromatic heterocycles. The fraction of sp³-hybridized carbons (Fsp3) is 0.250. The number of carbonyl (C=O) groups excluding carboxylic acids is 1. The highest BCUT2D eigenvalue weighted by Crippen LogP contribution is 2.33. The van der Waals surface area contributed by atoms with Gasteiger partial charge in [-0.15, -0.1) is 10.2 Å². The Hall–Kier alpha value is -3.47. The van der Waals surface area contributed by atoms with Crippen LogP contribution >= 0.6 is 11.8 Å². The van der Waals surface area contributed by atoms with Crippen molar-refractivity contribution < 1.29 is 13.2 Å². The third-order valence-electron chi connectivity index (χ3n) is 6.68. The number of aromatic nitrogens is 3. The molecular formula is C28H29N5O3S2. The standard InChI is InChI=1S/C28H29N5O3S2/c1-19-9-7-10-20(2)26(19)33-27(22-12-8-13-23(17-22)38(35,36)31(3)4)29-30-28(33)37-18-25(34)32-16-15-21-11-5-6-14-24(21)32/h5-14,17H,15-16,18H2,1-4H3.